The Kier molecular flexibility index (Phi) is 4.62. The molecule has 2 aromatic rings. The minimum absolute atomic E-state index is 0.0539. The van der Waals surface area contributed by atoms with Crippen LogP contribution in [0.25, 0.3) is 0 Å². The quantitative estimate of drug-likeness (QED) is 0.772. The molecule has 0 spiro atoms. The maximum atomic E-state index is 13.4. The van der Waals surface area contributed by atoms with Crippen LogP contribution < -0.4 is 4.90 Å². The average Bonchev–Trinajstić information content (AvgIpc) is 3.46. The van der Waals surface area contributed by atoms with Gasteiger partial charge >= 0.3 is 0 Å². The highest BCUT2D eigenvalue weighted by Gasteiger charge is 2.48. The van der Waals surface area contributed by atoms with Crippen LogP contribution in [-0.4, -0.2) is 86.7 Å². The zero-order valence-corrected chi connectivity index (χ0v) is 16.0. The third-order valence-corrected chi connectivity index (χ3v) is 5.76. The SMILES string of the molecule is O=C([C@H]1OCC(=O)N(C2CC2)[C@@H]1c1cccnc1)N1CCN(c2ncn[nH]2)CC1. The molecule has 1 N–H and O–H groups in total. The van der Waals surface area contributed by atoms with Crippen molar-refractivity contribution in [1.29, 1.82) is 0 Å². The molecule has 10 nitrogen and oxygen atoms in total. The van der Waals surface area contributed by atoms with Crippen molar-refractivity contribution in [3.05, 3.63) is 36.4 Å². The van der Waals surface area contributed by atoms with E-state index in [1.54, 1.807) is 12.4 Å². The molecule has 1 saturated carbocycles. The van der Waals surface area contributed by atoms with Gasteiger partial charge < -0.3 is 19.4 Å². The molecule has 152 valence electrons. The number of nitrogens with zero attached hydrogens (tertiary/aromatic N) is 6. The lowest BCUT2D eigenvalue weighted by Crippen LogP contribution is -2.58. The van der Waals surface area contributed by atoms with Crippen LogP contribution in [0.1, 0.15) is 24.4 Å². The van der Waals surface area contributed by atoms with Gasteiger partial charge in [-0.25, -0.2) is 5.10 Å². The summed E-state index contributed by atoms with van der Waals surface area (Å²) in [6.45, 7) is 2.40. The summed E-state index contributed by atoms with van der Waals surface area (Å²) >= 11 is 0. The van der Waals surface area contributed by atoms with Crippen molar-refractivity contribution in [2.45, 2.75) is 31.0 Å². The van der Waals surface area contributed by atoms with Gasteiger partial charge in [0.2, 0.25) is 11.9 Å². The standard InChI is InChI=1S/C19H23N7O3/c27-15-11-29-17(16(26(15)14-3-4-14)13-2-1-5-20-10-13)18(28)24-6-8-25(9-7-24)19-21-12-22-23-19/h1-2,5,10,12,14,16-17H,3-4,6-9,11H2,(H,21,22,23)/t16-,17+/m1/s1. The number of anilines is 1. The Bertz CT molecular complexity index is 863. The first kappa shape index (κ1) is 18.0. The van der Waals surface area contributed by atoms with Crippen molar-refractivity contribution >= 4 is 17.8 Å². The van der Waals surface area contributed by atoms with E-state index in [1.165, 1.54) is 6.33 Å². The zero-order valence-electron chi connectivity index (χ0n) is 16.0. The highest BCUT2D eigenvalue weighted by Crippen LogP contribution is 2.39. The number of H-pyrrole nitrogens is 1. The third kappa shape index (κ3) is 3.44. The maximum absolute atomic E-state index is 13.4. The molecule has 2 atom stereocenters. The summed E-state index contributed by atoms with van der Waals surface area (Å²) in [5, 5.41) is 6.74. The van der Waals surface area contributed by atoms with E-state index < -0.39 is 12.1 Å². The van der Waals surface area contributed by atoms with Crippen LogP contribution in [0.5, 0.6) is 0 Å². The van der Waals surface area contributed by atoms with Gasteiger partial charge in [-0.3, -0.25) is 14.6 Å². The van der Waals surface area contributed by atoms with Gasteiger partial charge in [-0.15, -0.1) is 0 Å². The van der Waals surface area contributed by atoms with E-state index in [9.17, 15) is 9.59 Å². The van der Waals surface area contributed by atoms with Crippen LogP contribution in [0.2, 0.25) is 0 Å². The zero-order chi connectivity index (χ0) is 19.8. The summed E-state index contributed by atoms with van der Waals surface area (Å²) in [5.41, 5.74) is 0.839. The van der Waals surface area contributed by atoms with E-state index >= 15 is 0 Å². The second kappa shape index (κ2) is 7.43. The normalized spacial score (nSPS) is 25.4. The summed E-state index contributed by atoms with van der Waals surface area (Å²) in [5.74, 6) is 0.583. The Morgan fingerprint density at radius 1 is 1.21 bits per heavy atom. The van der Waals surface area contributed by atoms with Crippen LogP contribution in [0, 0.1) is 0 Å². The first-order valence-corrected chi connectivity index (χ1v) is 9.94. The van der Waals surface area contributed by atoms with Crippen molar-refractivity contribution in [2.75, 3.05) is 37.7 Å². The van der Waals surface area contributed by atoms with Crippen molar-refractivity contribution in [1.82, 2.24) is 30.0 Å². The lowest BCUT2D eigenvalue weighted by molar-refractivity contribution is -0.170. The van der Waals surface area contributed by atoms with Crippen molar-refractivity contribution in [3.8, 4) is 0 Å². The van der Waals surface area contributed by atoms with E-state index in [0.29, 0.717) is 32.1 Å². The van der Waals surface area contributed by atoms with Crippen LogP contribution >= 0.6 is 0 Å². The molecule has 2 amide bonds. The maximum Gasteiger partial charge on any atom is 0.254 e. The molecule has 0 unspecified atom stereocenters. The highest BCUT2D eigenvalue weighted by atomic mass is 16.5. The molecular weight excluding hydrogens is 374 g/mol. The molecule has 2 aliphatic heterocycles. The number of amides is 2. The number of pyridine rings is 1. The molecule has 5 rings (SSSR count). The number of nitrogens with one attached hydrogen (secondary N) is 1. The lowest BCUT2D eigenvalue weighted by atomic mass is 9.97. The first-order chi connectivity index (χ1) is 14.2. The number of carbonyl (C=O) groups is 2. The Labute approximate surface area is 167 Å². The van der Waals surface area contributed by atoms with E-state index in [4.69, 9.17) is 4.74 Å². The second-order valence-corrected chi connectivity index (χ2v) is 7.62. The molecule has 10 heteroatoms. The molecule has 2 aromatic heterocycles. The van der Waals surface area contributed by atoms with Crippen molar-refractivity contribution in [3.63, 3.8) is 0 Å². The van der Waals surface area contributed by atoms with Crippen molar-refractivity contribution < 1.29 is 14.3 Å². The average molecular weight is 397 g/mol. The van der Waals surface area contributed by atoms with Crippen LogP contribution in [0.3, 0.4) is 0 Å². The summed E-state index contributed by atoms with van der Waals surface area (Å²) in [7, 11) is 0. The largest absolute Gasteiger partial charge is 0.356 e. The van der Waals surface area contributed by atoms with Gasteiger partial charge in [0.1, 0.15) is 12.9 Å². The fourth-order valence-corrected chi connectivity index (χ4v) is 4.17. The summed E-state index contributed by atoms with van der Waals surface area (Å²) in [4.78, 5) is 40.1. The molecule has 29 heavy (non-hydrogen) atoms. The van der Waals surface area contributed by atoms with Gasteiger partial charge in [0.15, 0.2) is 6.10 Å². The number of hydrogen-bond acceptors (Lipinski definition) is 7. The van der Waals surface area contributed by atoms with Gasteiger partial charge in [-0.2, -0.15) is 10.1 Å². The molecule has 0 bridgehead atoms. The molecule has 0 aromatic carbocycles. The Morgan fingerprint density at radius 3 is 2.69 bits per heavy atom. The topological polar surface area (TPSA) is 108 Å². The molecule has 0 radical (unpaired) electrons. The van der Waals surface area contributed by atoms with E-state index in [-0.39, 0.29) is 24.5 Å². The van der Waals surface area contributed by atoms with Crippen LogP contribution in [-0.2, 0) is 14.3 Å². The molecule has 1 aliphatic carbocycles. The molecule has 3 aliphatic rings. The molecule has 3 fully saturated rings. The summed E-state index contributed by atoms with van der Waals surface area (Å²) < 4.78 is 5.83. The monoisotopic (exact) mass is 397 g/mol. The number of morpholine rings is 1. The van der Waals surface area contributed by atoms with Gasteiger partial charge in [0.25, 0.3) is 5.91 Å². The minimum atomic E-state index is -0.714. The van der Waals surface area contributed by atoms with E-state index in [2.05, 4.69) is 25.1 Å². The highest BCUT2D eigenvalue weighted by molar-refractivity contribution is 5.87. The number of ether oxygens (including phenoxy) is 1. The summed E-state index contributed by atoms with van der Waals surface area (Å²) in [6.07, 6.45) is 6.12. The van der Waals surface area contributed by atoms with Crippen molar-refractivity contribution in [2.24, 2.45) is 0 Å². The Morgan fingerprint density at radius 2 is 2.03 bits per heavy atom. The molecule has 4 heterocycles. The number of aromatic nitrogens is 4. The van der Waals surface area contributed by atoms with Crippen LogP contribution in [0.15, 0.2) is 30.9 Å². The molecule has 2 saturated heterocycles. The fraction of sp³-hybridized carbons (Fsp3) is 0.526. The van der Waals surface area contributed by atoms with E-state index in [1.807, 2.05) is 21.9 Å². The predicted octanol–water partition coefficient (Wildman–Crippen LogP) is -0.0206. The van der Waals surface area contributed by atoms with Crippen LogP contribution in [0.4, 0.5) is 5.95 Å². The smallest absolute Gasteiger partial charge is 0.254 e. The number of rotatable bonds is 4. The Balaban J connectivity index is 1.35. The number of aromatic amines is 1. The Hall–Kier alpha value is -3.01. The van der Waals surface area contributed by atoms with Gasteiger partial charge in [0, 0.05) is 44.6 Å². The van der Waals surface area contributed by atoms with Gasteiger partial charge in [-0.1, -0.05) is 6.07 Å². The second-order valence-electron chi connectivity index (χ2n) is 7.62. The fourth-order valence-electron chi connectivity index (χ4n) is 4.17. The van der Waals surface area contributed by atoms with Gasteiger partial charge in [-0.05, 0) is 24.5 Å². The molecular formula is C19H23N7O3. The summed E-state index contributed by atoms with van der Waals surface area (Å²) in [6, 6.07) is 3.50. The third-order valence-electron chi connectivity index (χ3n) is 5.76. The number of carbonyl (C=O) groups excluding carboxylic acids is 2. The number of piperazine rings is 1. The van der Waals surface area contributed by atoms with E-state index in [0.717, 1.165) is 18.4 Å². The first-order valence-electron chi connectivity index (χ1n) is 9.94. The predicted molar refractivity (Wildman–Crippen MR) is 102 cm³/mol. The minimum Gasteiger partial charge on any atom is -0.356 e. The van der Waals surface area contributed by atoms with Gasteiger partial charge in [0.05, 0.1) is 6.04 Å². The number of hydrogen-bond donors (Lipinski definition) is 1. The lowest BCUT2D eigenvalue weighted by Gasteiger charge is -2.43.